The number of hydrogen-bond acceptors (Lipinski definition) is 2. The Balaban J connectivity index is 2.27. The molecular weight excluding hydrogens is 210 g/mol. The maximum atomic E-state index is 11.4. The highest BCUT2D eigenvalue weighted by atomic mass is 35.5. The molecule has 0 N–H and O–H groups in total. The highest BCUT2D eigenvalue weighted by Gasteiger charge is 2.18. The Hall–Kier alpha value is -0.0900. The van der Waals surface area contributed by atoms with Crippen molar-refractivity contribution in [1.29, 1.82) is 0 Å². The van der Waals surface area contributed by atoms with Gasteiger partial charge in [0.1, 0.15) is 0 Å². The summed E-state index contributed by atoms with van der Waals surface area (Å²) >= 11 is 5.49. The Morgan fingerprint density at radius 1 is 1.38 bits per heavy atom. The molecule has 1 aliphatic heterocycles. The van der Waals surface area contributed by atoms with Crippen LogP contribution in [0.15, 0.2) is 0 Å². The van der Waals surface area contributed by atoms with E-state index in [4.69, 9.17) is 11.6 Å². The quantitative estimate of drug-likeness (QED) is 0.657. The molecule has 5 heteroatoms. The first-order valence-electron chi connectivity index (χ1n) is 4.43. The molecule has 1 amide bonds. The largest absolute Gasteiger partial charge is 0.341 e. The average Bonchev–Trinajstić information content (AvgIpc) is 2.15. The van der Waals surface area contributed by atoms with Crippen LogP contribution < -0.4 is 0 Å². The van der Waals surface area contributed by atoms with Crippen LogP contribution in [0.2, 0.25) is 0 Å². The predicted molar refractivity (Wildman–Crippen MR) is 54.4 cm³/mol. The molecule has 0 aromatic heterocycles. The lowest BCUT2D eigenvalue weighted by atomic mass is 10.3. The molecule has 1 saturated heterocycles. The minimum atomic E-state index is -0.703. The summed E-state index contributed by atoms with van der Waals surface area (Å²) in [5.74, 6) is 1.95. The standard InChI is InChI=1S/C8H14ClNO2S/c9-3-1-2-8(11)10-4-6-13(12)7-5-10/h1-7H2. The van der Waals surface area contributed by atoms with Crippen LogP contribution in [0.1, 0.15) is 12.8 Å². The molecular formula is C8H14ClNO2S. The van der Waals surface area contributed by atoms with E-state index in [1.807, 2.05) is 0 Å². The number of nitrogens with zero attached hydrogens (tertiary/aromatic N) is 1. The lowest BCUT2D eigenvalue weighted by Gasteiger charge is -2.26. The zero-order valence-electron chi connectivity index (χ0n) is 7.50. The molecule has 1 rings (SSSR count). The van der Waals surface area contributed by atoms with Gasteiger partial charge in [0, 0.05) is 47.7 Å². The number of rotatable bonds is 3. The van der Waals surface area contributed by atoms with Crippen LogP contribution in [0.3, 0.4) is 0 Å². The fourth-order valence-electron chi connectivity index (χ4n) is 1.26. The van der Waals surface area contributed by atoms with Crippen molar-refractivity contribution in [3.63, 3.8) is 0 Å². The molecule has 3 nitrogen and oxygen atoms in total. The zero-order chi connectivity index (χ0) is 9.68. The SMILES string of the molecule is O=C(CCCCl)N1CCS(=O)CC1. The number of alkyl halides is 1. The van der Waals surface area contributed by atoms with Crippen LogP contribution in [0.4, 0.5) is 0 Å². The van der Waals surface area contributed by atoms with Crippen molar-refractivity contribution >= 4 is 28.3 Å². The topological polar surface area (TPSA) is 37.4 Å². The van der Waals surface area contributed by atoms with E-state index >= 15 is 0 Å². The summed E-state index contributed by atoms with van der Waals surface area (Å²) in [6, 6.07) is 0. The van der Waals surface area contributed by atoms with Crippen LogP contribution >= 0.6 is 11.6 Å². The van der Waals surface area contributed by atoms with E-state index < -0.39 is 10.8 Å². The summed E-state index contributed by atoms with van der Waals surface area (Å²) < 4.78 is 11.0. The van der Waals surface area contributed by atoms with Crippen molar-refractivity contribution in [3.05, 3.63) is 0 Å². The predicted octanol–water partition coefficient (Wildman–Crippen LogP) is 0.596. The van der Waals surface area contributed by atoms with Gasteiger partial charge in [0.25, 0.3) is 0 Å². The summed E-state index contributed by atoms with van der Waals surface area (Å²) in [4.78, 5) is 13.2. The minimum absolute atomic E-state index is 0.150. The normalized spacial score (nSPS) is 19.0. The molecule has 1 aliphatic rings. The van der Waals surface area contributed by atoms with Crippen LogP contribution in [0.25, 0.3) is 0 Å². The maximum Gasteiger partial charge on any atom is 0.222 e. The van der Waals surface area contributed by atoms with Gasteiger partial charge in [-0.2, -0.15) is 0 Å². The Labute approximate surface area is 85.9 Å². The van der Waals surface area contributed by atoms with Gasteiger partial charge in [-0.1, -0.05) is 0 Å². The lowest BCUT2D eigenvalue weighted by Crippen LogP contribution is -2.41. The Kier molecular flexibility index (Phi) is 4.73. The van der Waals surface area contributed by atoms with Gasteiger partial charge in [-0.25, -0.2) is 0 Å². The van der Waals surface area contributed by atoms with Crippen molar-refractivity contribution < 1.29 is 9.00 Å². The zero-order valence-corrected chi connectivity index (χ0v) is 9.07. The van der Waals surface area contributed by atoms with Gasteiger partial charge in [-0.15, -0.1) is 11.6 Å². The number of halogens is 1. The summed E-state index contributed by atoms with van der Waals surface area (Å²) in [5, 5.41) is 0. The lowest BCUT2D eigenvalue weighted by molar-refractivity contribution is -0.130. The van der Waals surface area contributed by atoms with E-state index in [9.17, 15) is 9.00 Å². The van der Waals surface area contributed by atoms with Crippen LogP contribution in [0.5, 0.6) is 0 Å². The van der Waals surface area contributed by atoms with Gasteiger partial charge in [0.15, 0.2) is 0 Å². The molecule has 1 fully saturated rings. The first-order valence-corrected chi connectivity index (χ1v) is 6.45. The van der Waals surface area contributed by atoms with Crippen molar-refractivity contribution in [2.45, 2.75) is 12.8 Å². The number of amides is 1. The molecule has 0 spiro atoms. The van der Waals surface area contributed by atoms with Crippen LogP contribution in [-0.2, 0) is 15.6 Å². The van der Waals surface area contributed by atoms with E-state index in [0.29, 0.717) is 36.9 Å². The smallest absolute Gasteiger partial charge is 0.222 e. The van der Waals surface area contributed by atoms with E-state index in [0.717, 1.165) is 6.42 Å². The third-order valence-electron chi connectivity index (χ3n) is 2.05. The maximum absolute atomic E-state index is 11.4. The molecule has 0 aromatic rings. The molecule has 0 radical (unpaired) electrons. The molecule has 13 heavy (non-hydrogen) atoms. The van der Waals surface area contributed by atoms with Gasteiger partial charge >= 0.3 is 0 Å². The molecule has 0 atom stereocenters. The summed E-state index contributed by atoms with van der Waals surface area (Å²) in [5.41, 5.74) is 0. The second kappa shape index (κ2) is 5.60. The summed E-state index contributed by atoms with van der Waals surface area (Å²) in [6.45, 7) is 1.29. The van der Waals surface area contributed by atoms with E-state index in [1.54, 1.807) is 4.90 Å². The molecule has 0 aliphatic carbocycles. The monoisotopic (exact) mass is 223 g/mol. The number of carbonyl (C=O) groups excluding carboxylic acids is 1. The van der Waals surface area contributed by atoms with E-state index in [-0.39, 0.29) is 5.91 Å². The fourth-order valence-corrected chi connectivity index (χ4v) is 2.45. The molecule has 0 bridgehead atoms. The molecule has 0 saturated carbocycles. The Morgan fingerprint density at radius 3 is 2.54 bits per heavy atom. The molecule has 76 valence electrons. The molecule has 0 aromatic carbocycles. The Bertz CT molecular complexity index is 200. The van der Waals surface area contributed by atoms with Crippen LogP contribution in [0, 0.1) is 0 Å². The van der Waals surface area contributed by atoms with Crippen molar-refractivity contribution in [2.24, 2.45) is 0 Å². The van der Waals surface area contributed by atoms with Gasteiger partial charge in [-0.05, 0) is 6.42 Å². The number of carbonyl (C=O) groups is 1. The van der Waals surface area contributed by atoms with Crippen molar-refractivity contribution in [1.82, 2.24) is 4.90 Å². The van der Waals surface area contributed by atoms with Gasteiger partial charge < -0.3 is 4.90 Å². The van der Waals surface area contributed by atoms with E-state index in [1.165, 1.54) is 0 Å². The Morgan fingerprint density at radius 2 is 2.00 bits per heavy atom. The summed E-state index contributed by atoms with van der Waals surface area (Å²) in [6.07, 6.45) is 1.26. The van der Waals surface area contributed by atoms with E-state index in [2.05, 4.69) is 0 Å². The highest BCUT2D eigenvalue weighted by Crippen LogP contribution is 2.04. The van der Waals surface area contributed by atoms with Gasteiger partial charge in [-0.3, -0.25) is 9.00 Å². The average molecular weight is 224 g/mol. The highest BCUT2D eigenvalue weighted by molar-refractivity contribution is 7.85. The van der Waals surface area contributed by atoms with Crippen molar-refractivity contribution in [3.8, 4) is 0 Å². The van der Waals surface area contributed by atoms with Crippen molar-refractivity contribution in [2.75, 3.05) is 30.5 Å². The molecule has 1 heterocycles. The second-order valence-electron chi connectivity index (χ2n) is 3.02. The number of hydrogen-bond donors (Lipinski definition) is 0. The first-order chi connectivity index (χ1) is 6.24. The first kappa shape index (κ1) is 11.0. The van der Waals surface area contributed by atoms with Crippen LogP contribution in [-0.4, -0.2) is 45.5 Å². The van der Waals surface area contributed by atoms with Gasteiger partial charge in [0.2, 0.25) is 5.91 Å². The summed E-state index contributed by atoms with van der Waals surface area (Å²) in [7, 11) is -0.703. The minimum Gasteiger partial charge on any atom is -0.341 e. The second-order valence-corrected chi connectivity index (χ2v) is 5.10. The third kappa shape index (κ3) is 3.65. The fraction of sp³-hybridized carbons (Fsp3) is 0.875. The third-order valence-corrected chi connectivity index (χ3v) is 3.60. The molecule has 0 unspecified atom stereocenters. The van der Waals surface area contributed by atoms with Gasteiger partial charge in [0.05, 0.1) is 0 Å².